The Morgan fingerprint density at radius 2 is 1.89 bits per heavy atom. The maximum atomic E-state index is 12.7. The first-order valence-corrected chi connectivity index (χ1v) is 13.5. The molecule has 0 bridgehead atoms. The van der Waals surface area contributed by atoms with Crippen LogP contribution in [0.3, 0.4) is 0 Å². The molecule has 1 amide bonds. The van der Waals surface area contributed by atoms with Crippen molar-refractivity contribution >= 4 is 50.8 Å². The van der Waals surface area contributed by atoms with Crippen LogP contribution in [0.2, 0.25) is 5.15 Å². The molecule has 2 heterocycles. The highest BCUT2D eigenvalue weighted by Crippen LogP contribution is 2.27. The monoisotopic (exact) mass is 530 g/mol. The third-order valence-electron chi connectivity index (χ3n) is 4.79. The number of hydrogen-bond donors (Lipinski definition) is 2. The molecule has 3 rings (SSSR count). The number of aromatic nitrogens is 3. The van der Waals surface area contributed by atoms with Crippen LogP contribution in [0, 0.1) is 11.3 Å². The van der Waals surface area contributed by atoms with Crippen LogP contribution in [0.1, 0.15) is 37.9 Å². The summed E-state index contributed by atoms with van der Waals surface area (Å²) in [5.41, 5.74) is 1.73. The van der Waals surface area contributed by atoms with Crippen molar-refractivity contribution in [2.45, 2.75) is 48.3 Å². The van der Waals surface area contributed by atoms with Gasteiger partial charge >= 0.3 is 0 Å². The zero-order chi connectivity index (χ0) is 25.4. The molecule has 35 heavy (non-hydrogen) atoms. The van der Waals surface area contributed by atoms with E-state index in [1.54, 1.807) is 13.0 Å². The topological polar surface area (TPSA) is 138 Å². The van der Waals surface area contributed by atoms with Crippen LogP contribution in [-0.4, -0.2) is 34.8 Å². The molecule has 12 heteroatoms. The van der Waals surface area contributed by atoms with Crippen molar-refractivity contribution in [2.75, 3.05) is 10.0 Å². The van der Waals surface area contributed by atoms with E-state index in [2.05, 4.69) is 38.2 Å². The molecule has 1 atom stereocenters. The van der Waals surface area contributed by atoms with Crippen molar-refractivity contribution in [2.24, 2.45) is 0 Å². The number of pyridine rings is 1. The van der Waals surface area contributed by atoms with E-state index in [-0.39, 0.29) is 21.8 Å². The molecule has 2 aromatic heterocycles. The maximum absolute atomic E-state index is 12.7. The number of anilines is 2. The number of nitrogens with zero attached hydrogens (tertiary/aromatic N) is 4. The lowest BCUT2D eigenvalue weighted by Crippen LogP contribution is -2.22. The van der Waals surface area contributed by atoms with Gasteiger partial charge in [-0.05, 0) is 68.3 Å². The first kappa shape index (κ1) is 26.4. The first-order chi connectivity index (χ1) is 16.7. The molecule has 182 valence electrons. The van der Waals surface area contributed by atoms with Crippen LogP contribution in [-0.2, 0) is 21.2 Å². The number of thioether (sulfide) groups is 1. The van der Waals surface area contributed by atoms with E-state index in [1.165, 1.54) is 48.2 Å². The van der Waals surface area contributed by atoms with Gasteiger partial charge in [0.25, 0.3) is 10.0 Å². The van der Waals surface area contributed by atoms with Gasteiger partial charge in [-0.1, -0.05) is 36.7 Å². The fourth-order valence-electron chi connectivity index (χ4n) is 2.90. The summed E-state index contributed by atoms with van der Waals surface area (Å²) in [6.45, 7) is 3.82. The molecule has 9 nitrogen and oxygen atoms in total. The summed E-state index contributed by atoms with van der Waals surface area (Å²) in [4.78, 5) is 17.3. The van der Waals surface area contributed by atoms with Crippen LogP contribution in [0.5, 0.6) is 0 Å². The highest BCUT2D eigenvalue weighted by atomic mass is 35.5. The summed E-state index contributed by atoms with van der Waals surface area (Å²) in [5.74, 6) is -0.272. The average molecular weight is 531 g/mol. The molecule has 0 saturated heterocycles. The van der Waals surface area contributed by atoms with Crippen molar-refractivity contribution in [1.29, 1.82) is 5.26 Å². The molecule has 3 aromatic rings. The SMILES string of the molecule is CCCCc1ccc(C#N)c(SC(C)C(=O)Nc2ccc(S(=O)(=O)Nc3ccc(Cl)nn3)cc2)n1. The molecule has 0 radical (unpaired) electrons. The van der Waals surface area contributed by atoms with Crippen molar-refractivity contribution in [3.63, 3.8) is 0 Å². The van der Waals surface area contributed by atoms with Gasteiger partial charge in [0.15, 0.2) is 11.0 Å². The minimum absolute atomic E-state index is 0.0126. The Kier molecular flexibility index (Phi) is 9.03. The third kappa shape index (κ3) is 7.39. The molecule has 2 N–H and O–H groups in total. The minimum Gasteiger partial charge on any atom is -0.325 e. The molecular formula is C23H23ClN6O3S2. The molecule has 1 aromatic carbocycles. The van der Waals surface area contributed by atoms with Gasteiger partial charge in [-0.3, -0.25) is 9.52 Å². The number of sulfonamides is 1. The standard InChI is InChI=1S/C23H23ClN6O3S2/c1-3-4-5-17-7-6-16(14-25)23(27-17)34-15(2)22(31)26-18-8-10-19(11-9-18)35(32,33)30-21-13-12-20(24)28-29-21/h6-13,15H,3-5H2,1-2H3,(H,26,31)(H,29,30). The van der Waals surface area contributed by atoms with Gasteiger partial charge in [0, 0.05) is 11.4 Å². The number of aryl methyl sites for hydroxylation is 1. The van der Waals surface area contributed by atoms with Crippen LogP contribution in [0.25, 0.3) is 0 Å². The normalized spacial score (nSPS) is 11.9. The molecule has 1 unspecified atom stereocenters. The zero-order valence-corrected chi connectivity index (χ0v) is 21.4. The second-order valence-electron chi connectivity index (χ2n) is 7.49. The van der Waals surface area contributed by atoms with Crippen LogP contribution < -0.4 is 10.0 Å². The summed E-state index contributed by atoms with van der Waals surface area (Å²) in [6, 6.07) is 14.2. The summed E-state index contributed by atoms with van der Waals surface area (Å²) in [7, 11) is -3.90. The quantitative estimate of drug-likeness (QED) is 0.361. The Balaban J connectivity index is 1.65. The van der Waals surface area contributed by atoms with E-state index in [9.17, 15) is 18.5 Å². The lowest BCUT2D eigenvalue weighted by atomic mass is 10.2. The highest BCUT2D eigenvalue weighted by molar-refractivity contribution is 8.00. The molecule has 0 spiro atoms. The van der Waals surface area contributed by atoms with E-state index in [4.69, 9.17) is 11.6 Å². The second kappa shape index (κ2) is 12.0. The third-order valence-corrected chi connectivity index (χ3v) is 7.46. The van der Waals surface area contributed by atoms with Crippen molar-refractivity contribution in [1.82, 2.24) is 15.2 Å². The number of carbonyl (C=O) groups excluding carboxylic acids is 1. The van der Waals surface area contributed by atoms with Crippen molar-refractivity contribution in [3.8, 4) is 6.07 Å². The summed E-state index contributed by atoms with van der Waals surface area (Å²) >= 11 is 6.87. The Labute approximate surface area is 213 Å². The van der Waals surface area contributed by atoms with E-state index in [0.29, 0.717) is 16.3 Å². The van der Waals surface area contributed by atoms with E-state index >= 15 is 0 Å². The number of hydrogen-bond acceptors (Lipinski definition) is 8. The molecule has 0 aliphatic heterocycles. The van der Waals surface area contributed by atoms with E-state index in [1.807, 2.05) is 6.07 Å². The van der Waals surface area contributed by atoms with Gasteiger partial charge in [0.2, 0.25) is 5.91 Å². The lowest BCUT2D eigenvalue weighted by Gasteiger charge is -2.13. The second-order valence-corrected chi connectivity index (χ2v) is 10.9. The van der Waals surface area contributed by atoms with Gasteiger partial charge in [-0.25, -0.2) is 13.4 Å². The van der Waals surface area contributed by atoms with Gasteiger partial charge in [0.1, 0.15) is 11.1 Å². The number of nitrogens with one attached hydrogen (secondary N) is 2. The number of nitriles is 1. The summed E-state index contributed by atoms with van der Waals surface area (Å²) in [6.07, 6.45) is 2.84. The van der Waals surface area contributed by atoms with Gasteiger partial charge in [-0.15, -0.1) is 10.2 Å². The molecular weight excluding hydrogens is 508 g/mol. The first-order valence-electron chi connectivity index (χ1n) is 10.7. The number of carbonyl (C=O) groups is 1. The van der Waals surface area contributed by atoms with E-state index in [0.717, 1.165) is 25.0 Å². The number of unbranched alkanes of at least 4 members (excludes halogenated alkanes) is 1. The number of amides is 1. The predicted molar refractivity (Wildman–Crippen MR) is 136 cm³/mol. The zero-order valence-electron chi connectivity index (χ0n) is 19.0. The Morgan fingerprint density at radius 3 is 2.51 bits per heavy atom. The number of benzene rings is 1. The smallest absolute Gasteiger partial charge is 0.263 e. The summed E-state index contributed by atoms with van der Waals surface area (Å²) in [5, 5.41) is 19.5. The van der Waals surface area contributed by atoms with Crippen LogP contribution in [0.15, 0.2) is 58.5 Å². The van der Waals surface area contributed by atoms with Gasteiger partial charge < -0.3 is 5.32 Å². The fourth-order valence-corrected chi connectivity index (χ4v) is 4.91. The Hall–Kier alpha value is -3.20. The number of halogens is 1. The molecule has 0 aliphatic carbocycles. The van der Waals surface area contributed by atoms with Crippen LogP contribution in [0.4, 0.5) is 11.5 Å². The van der Waals surface area contributed by atoms with Crippen LogP contribution >= 0.6 is 23.4 Å². The number of rotatable bonds is 10. The van der Waals surface area contributed by atoms with Crippen molar-refractivity contribution in [3.05, 3.63) is 64.9 Å². The largest absolute Gasteiger partial charge is 0.325 e. The van der Waals surface area contributed by atoms with E-state index < -0.39 is 15.3 Å². The maximum Gasteiger partial charge on any atom is 0.263 e. The Morgan fingerprint density at radius 1 is 1.14 bits per heavy atom. The minimum atomic E-state index is -3.90. The van der Waals surface area contributed by atoms with Gasteiger partial charge in [0.05, 0.1) is 15.7 Å². The lowest BCUT2D eigenvalue weighted by molar-refractivity contribution is -0.115. The molecule has 0 fully saturated rings. The fraction of sp³-hybridized carbons (Fsp3) is 0.261. The van der Waals surface area contributed by atoms with Crippen molar-refractivity contribution < 1.29 is 13.2 Å². The van der Waals surface area contributed by atoms with Gasteiger partial charge in [-0.2, -0.15) is 5.26 Å². The summed E-state index contributed by atoms with van der Waals surface area (Å²) < 4.78 is 27.4. The Bertz CT molecular complexity index is 1330. The molecule has 0 aliphatic rings. The molecule has 0 saturated carbocycles. The highest BCUT2D eigenvalue weighted by Gasteiger charge is 2.19. The average Bonchev–Trinajstić information content (AvgIpc) is 2.84. The predicted octanol–water partition coefficient (Wildman–Crippen LogP) is 4.66.